The lowest BCUT2D eigenvalue weighted by atomic mass is 9.63. The van der Waals surface area contributed by atoms with Crippen LogP contribution in [-0.4, -0.2) is 23.8 Å². The van der Waals surface area contributed by atoms with Gasteiger partial charge in [-0.15, -0.1) is 0 Å². The number of aliphatic hydroxyl groups excluding tert-OH is 1. The minimum atomic E-state index is -0.130. The van der Waals surface area contributed by atoms with Crippen molar-refractivity contribution < 1.29 is 14.6 Å². The van der Waals surface area contributed by atoms with Crippen molar-refractivity contribution in [3.8, 4) is 0 Å². The summed E-state index contributed by atoms with van der Waals surface area (Å²) in [6.07, 6.45) is 5.72. The van der Waals surface area contributed by atoms with Crippen molar-refractivity contribution >= 4 is 5.97 Å². The first kappa shape index (κ1) is 11.3. The van der Waals surface area contributed by atoms with E-state index in [2.05, 4.69) is 0 Å². The molecule has 3 nitrogen and oxygen atoms in total. The van der Waals surface area contributed by atoms with Gasteiger partial charge in [0.2, 0.25) is 0 Å². The summed E-state index contributed by atoms with van der Waals surface area (Å²) in [5.41, 5.74) is 2.00. The Labute approximate surface area is 102 Å². The molecule has 0 saturated heterocycles. The zero-order valence-corrected chi connectivity index (χ0v) is 10.3. The number of esters is 1. The third-order valence-electron chi connectivity index (χ3n) is 4.86. The molecule has 0 aromatic carbocycles. The first-order chi connectivity index (χ1) is 8.22. The number of cyclic esters (lactones) is 1. The van der Waals surface area contributed by atoms with E-state index in [0.717, 1.165) is 17.6 Å². The summed E-state index contributed by atoms with van der Waals surface area (Å²) in [5, 5.41) is 9.68. The van der Waals surface area contributed by atoms with E-state index in [0.29, 0.717) is 11.8 Å². The molecule has 0 unspecified atom stereocenters. The maximum atomic E-state index is 11.8. The van der Waals surface area contributed by atoms with Crippen LogP contribution < -0.4 is 0 Å². The molecular formula is C14H20O3. The van der Waals surface area contributed by atoms with Gasteiger partial charge >= 0.3 is 5.97 Å². The Hall–Kier alpha value is -0.830. The van der Waals surface area contributed by atoms with Crippen LogP contribution in [0.2, 0.25) is 0 Å². The first-order valence-electron chi connectivity index (χ1n) is 6.77. The predicted octanol–water partition coefficient (Wildman–Crippen LogP) is 2.05. The van der Waals surface area contributed by atoms with Gasteiger partial charge in [-0.1, -0.05) is 12.8 Å². The van der Waals surface area contributed by atoms with E-state index in [9.17, 15) is 9.90 Å². The summed E-state index contributed by atoms with van der Waals surface area (Å²) in [6, 6.07) is 0. The van der Waals surface area contributed by atoms with Crippen molar-refractivity contribution in [2.75, 3.05) is 6.61 Å². The molecule has 0 radical (unpaired) electrons. The Balaban J connectivity index is 1.98. The Morgan fingerprint density at radius 1 is 1.35 bits per heavy atom. The highest BCUT2D eigenvalue weighted by atomic mass is 16.5. The van der Waals surface area contributed by atoms with Gasteiger partial charge in [0.05, 0.1) is 6.61 Å². The molecule has 0 aromatic rings. The van der Waals surface area contributed by atoms with Crippen LogP contribution in [0.3, 0.4) is 0 Å². The van der Waals surface area contributed by atoms with Crippen molar-refractivity contribution in [2.24, 2.45) is 17.8 Å². The number of ether oxygens (including phenoxy) is 1. The predicted molar refractivity (Wildman–Crippen MR) is 63.2 cm³/mol. The van der Waals surface area contributed by atoms with Gasteiger partial charge in [-0.3, -0.25) is 0 Å². The summed E-state index contributed by atoms with van der Waals surface area (Å²) in [6.45, 7) is 2.10. The molecule has 3 aliphatic rings. The quantitative estimate of drug-likeness (QED) is 0.709. The normalized spacial score (nSPS) is 40.9. The molecule has 1 aliphatic heterocycles. The lowest BCUT2D eigenvalue weighted by Gasteiger charge is -2.41. The lowest BCUT2D eigenvalue weighted by Crippen LogP contribution is -2.36. The fraction of sp³-hybridized carbons (Fsp3) is 0.786. The van der Waals surface area contributed by atoms with Crippen molar-refractivity contribution in [1.29, 1.82) is 0 Å². The average Bonchev–Trinajstić information content (AvgIpc) is 2.62. The van der Waals surface area contributed by atoms with Crippen molar-refractivity contribution in [3.05, 3.63) is 11.1 Å². The molecule has 1 heterocycles. The van der Waals surface area contributed by atoms with E-state index in [4.69, 9.17) is 4.74 Å². The second-order valence-corrected chi connectivity index (χ2v) is 5.68. The van der Waals surface area contributed by atoms with Gasteiger partial charge in [0.1, 0.15) is 6.10 Å². The van der Waals surface area contributed by atoms with Crippen molar-refractivity contribution in [3.63, 3.8) is 0 Å². The lowest BCUT2D eigenvalue weighted by molar-refractivity contribution is -0.139. The Morgan fingerprint density at radius 2 is 2.12 bits per heavy atom. The maximum absolute atomic E-state index is 11.8. The van der Waals surface area contributed by atoms with E-state index in [1.165, 1.54) is 25.7 Å². The van der Waals surface area contributed by atoms with E-state index >= 15 is 0 Å². The highest BCUT2D eigenvalue weighted by Crippen LogP contribution is 2.49. The number of carbonyl (C=O) groups is 1. The summed E-state index contributed by atoms with van der Waals surface area (Å²) in [4.78, 5) is 11.8. The van der Waals surface area contributed by atoms with E-state index in [1.54, 1.807) is 0 Å². The van der Waals surface area contributed by atoms with Crippen LogP contribution in [0.15, 0.2) is 11.1 Å². The highest BCUT2D eigenvalue weighted by molar-refractivity contribution is 5.92. The fourth-order valence-corrected chi connectivity index (χ4v) is 4.13. The minimum absolute atomic E-state index is 0.113. The Bertz CT molecular complexity index is 372. The smallest absolute Gasteiger partial charge is 0.334 e. The van der Waals surface area contributed by atoms with E-state index < -0.39 is 0 Å². The highest BCUT2D eigenvalue weighted by Gasteiger charge is 2.46. The van der Waals surface area contributed by atoms with Gasteiger partial charge in [-0.2, -0.15) is 0 Å². The number of rotatable bonds is 1. The van der Waals surface area contributed by atoms with Crippen LogP contribution in [0, 0.1) is 17.8 Å². The van der Waals surface area contributed by atoms with Gasteiger partial charge < -0.3 is 9.84 Å². The molecule has 0 spiro atoms. The van der Waals surface area contributed by atoms with Gasteiger partial charge in [-0.05, 0) is 43.6 Å². The standard InChI is InChI=1S/C14H20O3/c1-8-13-11(14(16)17-8)6-9-4-2-3-5-10(9)12(13)7-15/h8-10,12,15H,2-7H2,1H3/t8-,9+,10-,12+/m0/s1. The van der Waals surface area contributed by atoms with E-state index in [1.807, 2.05) is 6.92 Å². The molecule has 0 aromatic heterocycles. The topological polar surface area (TPSA) is 46.5 Å². The van der Waals surface area contributed by atoms with Crippen LogP contribution >= 0.6 is 0 Å². The largest absolute Gasteiger partial charge is 0.455 e. The monoisotopic (exact) mass is 236 g/mol. The summed E-state index contributed by atoms with van der Waals surface area (Å²) in [7, 11) is 0. The SMILES string of the molecule is C[C@@H]1OC(=O)C2=C1[C@H](CO)[C@H]1CCCC[C@@H]1C2. The summed E-state index contributed by atoms with van der Waals surface area (Å²) < 4.78 is 5.32. The zero-order valence-electron chi connectivity index (χ0n) is 10.3. The number of hydrogen-bond acceptors (Lipinski definition) is 3. The number of carbonyl (C=O) groups excluding carboxylic acids is 1. The number of aliphatic hydroxyl groups is 1. The van der Waals surface area contributed by atoms with Crippen molar-refractivity contribution in [2.45, 2.75) is 45.1 Å². The maximum Gasteiger partial charge on any atom is 0.334 e. The van der Waals surface area contributed by atoms with Gasteiger partial charge in [-0.25, -0.2) is 4.79 Å². The van der Waals surface area contributed by atoms with Crippen LogP contribution in [0.25, 0.3) is 0 Å². The third kappa shape index (κ3) is 1.63. The minimum Gasteiger partial charge on any atom is -0.455 e. The summed E-state index contributed by atoms with van der Waals surface area (Å²) in [5.74, 6) is 1.21. The molecule has 3 heteroatoms. The molecule has 2 aliphatic carbocycles. The molecule has 0 amide bonds. The average molecular weight is 236 g/mol. The third-order valence-corrected chi connectivity index (χ3v) is 4.86. The molecule has 1 fully saturated rings. The van der Waals surface area contributed by atoms with Gasteiger partial charge in [0, 0.05) is 11.5 Å². The zero-order chi connectivity index (χ0) is 12.0. The second kappa shape index (κ2) is 4.13. The second-order valence-electron chi connectivity index (χ2n) is 5.68. The molecular weight excluding hydrogens is 216 g/mol. The number of hydrogen-bond donors (Lipinski definition) is 1. The van der Waals surface area contributed by atoms with Crippen LogP contribution in [0.4, 0.5) is 0 Å². The molecule has 94 valence electrons. The molecule has 4 atom stereocenters. The van der Waals surface area contributed by atoms with Crippen molar-refractivity contribution in [1.82, 2.24) is 0 Å². The van der Waals surface area contributed by atoms with E-state index in [-0.39, 0.29) is 24.6 Å². The van der Waals surface area contributed by atoms with Gasteiger partial charge in [0.25, 0.3) is 0 Å². The molecule has 17 heavy (non-hydrogen) atoms. The molecule has 3 rings (SSSR count). The molecule has 1 N–H and O–H groups in total. The molecule has 1 saturated carbocycles. The van der Waals surface area contributed by atoms with Crippen LogP contribution in [-0.2, 0) is 9.53 Å². The van der Waals surface area contributed by atoms with Crippen LogP contribution in [0.5, 0.6) is 0 Å². The first-order valence-corrected chi connectivity index (χ1v) is 6.77. The molecule has 0 bridgehead atoms. The van der Waals surface area contributed by atoms with Crippen LogP contribution in [0.1, 0.15) is 39.0 Å². The number of fused-ring (bicyclic) bond motifs is 1. The Kier molecular flexibility index (Phi) is 2.74. The van der Waals surface area contributed by atoms with Gasteiger partial charge in [0.15, 0.2) is 0 Å². The summed E-state index contributed by atoms with van der Waals surface area (Å²) >= 11 is 0. The fourth-order valence-electron chi connectivity index (χ4n) is 4.13. The Morgan fingerprint density at radius 3 is 2.88 bits per heavy atom.